The summed E-state index contributed by atoms with van der Waals surface area (Å²) >= 11 is 1.92. The molecule has 0 spiro atoms. The Morgan fingerprint density at radius 3 is 2.76 bits per heavy atom. The Hall–Kier alpha value is -0.430. The van der Waals surface area contributed by atoms with Gasteiger partial charge in [-0.2, -0.15) is 11.8 Å². The smallest absolute Gasteiger partial charge is 0.193 e. The summed E-state index contributed by atoms with van der Waals surface area (Å²) in [7, 11) is 1.88. The lowest BCUT2D eigenvalue weighted by Crippen LogP contribution is -2.44. The number of unbranched alkanes of at least 4 members (excludes halogenated alkanes) is 1. The van der Waals surface area contributed by atoms with Crippen molar-refractivity contribution in [3.63, 3.8) is 0 Å². The molecule has 0 atom stereocenters. The summed E-state index contributed by atoms with van der Waals surface area (Å²) in [5.74, 6) is 2.29. The summed E-state index contributed by atoms with van der Waals surface area (Å²) in [6.07, 6.45) is 5.76. The summed E-state index contributed by atoms with van der Waals surface area (Å²) in [5.41, 5.74) is 2.92. The first-order chi connectivity index (χ1) is 9.85. The first-order valence-corrected chi connectivity index (χ1v) is 8.76. The Labute approximate surface area is 150 Å². The van der Waals surface area contributed by atoms with Gasteiger partial charge >= 0.3 is 0 Å². The molecule has 1 aromatic carbocycles. The number of aliphatic imine (C=N–C) groups is 1. The number of hydrogen-bond donors (Lipinski definition) is 1. The second-order valence-corrected chi connectivity index (χ2v) is 6.10. The van der Waals surface area contributed by atoms with Crippen LogP contribution in [0, 0.1) is 0 Å². The molecule has 3 nitrogen and oxygen atoms in total. The highest BCUT2D eigenvalue weighted by atomic mass is 127. The largest absolute Gasteiger partial charge is 0.356 e. The minimum absolute atomic E-state index is 0. The maximum atomic E-state index is 4.43. The molecule has 1 aliphatic rings. The molecule has 0 fully saturated rings. The highest BCUT2D eigenvalue weighted by Gasteiger charge is 2.18. The first kappa shape index (κ1) is 18.6. The fraction of sp³-hybridized carbons (Fsp3) is 0.562. The van der Waals surface area contributed by atoms with E-state index in [9.17, 15) is 0 Å². The Kier molecular flexibility index (Phi) is 9.15. The van der Waals surface area contributed by atoms with Crippen molar-refractivity contribution in [2.45, 2.75) is 25.8 Å². The van der Waals surface area contributed by atoms with Crippen LogP contribution < -0.4 is 5.32 Å². The molecule has 1 N–H and O–H groups in total. The van der Waals surface area contributed by atoms with Crippen molar-refractivity contribution >= 4 is 41.7 Å². The second-order valence-electron chi connectivity index (χ2n) is 5.11. The van der Waals surface area contributed by atoms with E-state index in [1.807, 2.05) is 18.8 Å². The van der Waals surface area contributed by atoms with Gasteiger partial charge in [0.05, 0.1) is 0 Å². The van der Waals surface area contributed by atoms with E-state index >= 15 is 0 Å². The van der Waals surface area contributed by atoms with E-state index in [0.717, 1.165) is 32.0 Å². The Balaban J connectivity index is 0.00000220. The van der Waals surface area contributed by atoms with Crippen LogP contribution in [0.3, 0.4) is 0 Å². The third-order valence-corrected chi connectivity index (χ3v) is 4.40. The highest BCUT2D eigenvalue weighted by molar-refractivity contribution is 14.0. The lowest BCUT2D eigenvalue weighted by molar-refractivity contribution is 0.378. The average molecular weight is 419 g/mol. The zero-order valence-electron chi connectivity index (χ0n) is 13.0. The molecule has 0 bridgehead atoms. The molecule has 1 aliphatic heterocycles. The van der Waals surface area contributed by atoms with Crippen LogP contribution in [-0.4, -0.2) is 43.0 Å². The lowest BCUT2D eigenvalue weighted by Gasteiger charge is -2.31. The van der Waals surface area contributed by atoms with E-state index in [-0.39, 0.29) is 24.0 Å². The molecule has 0 aliphatic carbocycles. The van der Waals surface area contributed by atoms with Crippen molar-refractivity contribution < 1.29 is 0 Å². The number of hydrogen-bond acceptors (Lipinski definition) is 2. The molecule has 0 aromatic heterocycles. The SMILES string of the molecule is CN=C(NCCCCSC)N1CCc2ccccc2C1.I. The van der Waals surface area contributed by atoms with Gasteiger partial charge in [-0.1, -0.05) is 24.3 Å². The van der Waals surface area contributed by atoms with Gasteiger partial charge in [-0.05, 0) is 42.4 Å². The monoisotopic (exact) mass is 419 g/mol. The first-order valence-electron chi connectivity index (χ1n) is 7.36. The average Bonchev–Trinajstić information content (AvgIpc) is 2.50. The molecule has 1 aromatic rings. The second kappa shape index (κ2) is 10.3. The molecule has 2 rings (SSSR count). The topological polar surface area (TPSA) is 27.6 Å². The van der Waals surface area contributed by atoms with Crippen LogP contribution in [0.25, 0.3) is 0 Å². The van der Waals surface area contributed by atoms with Crippen LogP contribution in [0.15, 0.2) is 29.3 Å². The van der Waals surface area contributed by atoms with Gasteiger partial charge in [0.1, 0.15) is 0 Å². The van der Waals surface area contributed by atoms with E-state index in [2.05, 4.69) is 45.7 Å². The van der Waals surface area contributed by atoms with Crippen LogP contribution in [0.1, 0.15) is 24.0 Å². The summed E-state index contributed by atoms with van der Waals surface area (Å²) < 4.78 is 0. The van der Waals surface area contributed by atoms with Crippen LogP contribution in [0.2, 0.25) is 0 Å². The molecule has 0 saturated carbocycles. The molecule has 0 radical (unpaired) electrons. The number of rotatable bonds is 5. The number of benzene rings is 1. The molecule has 0 saturated heterocycles. The summed E-state index contributed by atoms with van der Waals surface area (Å²) in [6, 6.07) is 8.73. The predicted molar refractivity (Wildman–Crippen MR) is 105 cm³/mol. The third kappa shape index (κ3) is 5.70. The fourth-order valence-corrected chi connectivity index (χ4v) is 3.07. The molecule has 118 valence electrons. The maximum absolute atomic E-state index is 4.43. The molecule has 1 heterocycles. The Morgan fingerprint density at radius 1 is 1.29 bits per heavy atom. The van der Waals surface area contributed by atoms with Crippen LogP contribution >= 0.6 is 35.7 Å². The van der Waals surface area contributed by atoms with Crippen LogP contribution in [0.4, 0.5) is 0 Å². The van der Waals surface area contributed by atoms with Crippen molar-refractivity contribution in [3.8, 4) is 0 Å². The van der Waals surface area contributed by atoms with Crippen molar-refractivity contribution in [2.75, 3.05) is 32.1 Å². The van der Waals surface area contributed by atoms with Gasteiger partial charge in [-0.3, -0.25) is 4.99 Å². The highest BCUT2D eigenvalue weighted by Crippen LogP contribution is 2.18. The van der Waals surface area contributed by atoms with Crippen molar-refractivity contribution in [1.82, 2.24) is 10.2 Å². The number of fused-ring (bicyclic) bond motifs is 1. The van der Waals surface area contributed by atoms with Crippen molar-refractivity contribution in [3.05, 3.63) is 35.4 Å². The van der Waals surface area contributed by atoms with Crippen LogP contribution in [0.5, 0.6) is 0 Å². The minimum Gasteiger partial charge on any atom is -0.356 e. The molecule has 0 unspecified atom stereocenters. The Bertz CT molecular complexity index is 451. The minimum atomic E-state index is 0. The third-order valence-electron chi connectivity index (χ3n) is 3.70. The van der Waals surface area contributed by atoms with Crippen LogP contribution in [-0.2, 0) is 13.0 Å². The predicted octanol–water partition coefficient (Wildman–Crippen LogP) is 3.38. The number of nitrogens with zero attached hydrogens (tertiary/aromatic N) is 2. The van der Waals surface area contributed by atoms with E-state index in [1.54, 1.807) is 0 Å². The molecule has 5 heteroatoms. The summed E-state index contributed by atoms with van der Waals surface area (Å²) in [6.45, 7) is 3.05. The Morgan fingerprint density at radius 2 is 2.05 bits per heavy atom. The normalized spacial score (nSPS) is 14.4. The molecular weight excluding hydrogens is 393 g/mol. The van der Waals surface area contributed by atoms with Gasteiger partial charge in [-0.25, -0.2) is 0 Å². The van der Waals surface area contributed by atoms with Crippen molar-refractivity contribution in [1.29, 1.82) is 0 Å². The molecule has 21 heavy (non-hydrogen) atoms. The summed E-state index contributed by atoms with van der Waals surface area (Å²) in [4.78, 5) is 6.79. The van der Waals surface area contributed by atoms with E-state index in [1.165, 1.54) is 29.7 Å². The number of halogens is 1. The van der Waals surface area contributed by atoms with Gasteiger partial charge in [0.2, 0.25) is 0 Å². The quantitative estimate of drug-likeness (QED) is 0.343. The van der Waals surface area contributed by atoms with Gasteiger partial charge in [0, 0.05) is 26.7 Å². The van der Waals surface area contributed by atoms with Gasteiger partial charge < -0.3 is 10.2 Å². The molecular formula is C16H26IN3S. The van der Waals surface area contributed by atoms with Gasteiger partial charge in [-0.15, -0.1) is 24.0 Å². The maximum Gasteiger partial charge on any atom is 0.193 e. The number of guanidine groups is 1. The standard InChI is InChI=1S/C16H25N3S.HI/c1-17-16(18-10-5-6-12-20-2)19-11-9-14-7-3-4-8-15(14)13-19;/h3-4,7-8H,5-6,9-13H2,1-2H3,(H,17,18);1H. The van der Waals surface area contributed by atoms with Crippen molar-refractivity contribution in [2.24, 2.45) is 4.99 Å². The van der Waals surface area contributed by atoms with Gasteiger partial charge in [0.25, 0.3) is 0 Å². The van der Waals surface area contributed by atoms with E-state index in [0.29, 0.717) is 0 Å². The zero-order chi connectivity index (χ0) is 14.2. The number of nitrogens with one attached hydrogen (secondary N) is 1. The fourth-order valence-electron chi connectivity index (χ4n) is 2.58. The summed E-state index contributed by atoms with van der Waals surface area (Å²) in [5, 5.41) is 3.50. The molecule has 0 amide bonds. The van der Waals surface area contributed by atoms with E-state index in [4.69, 9.17) is 0 Å². The number of thioether (sulfide) groups is 1. The van der Waals surface area contributed by atoms with E-state index < -0.39 is 0 Å². The van der Waals surface area contributed by atoms with Gasteiger partial charge in [0.15, 0.2) is 5.96 Å². The zero-order valence-corrected chi connectivity index (χ0v) is 16.1. The lowest BCUT2D eigenvalue weighted by atomic mass is 10.0.